The lowest BCUT2D eigenvalue weighted by Gasteiger charge is -2.36. The SMILES string of the molecule is CC(C)C(C)NC(=O)NC(C(=O)N1CC[C@H](CCl)C1C(=O)NC(CC1CCC1)C(=O)C(N)=O)C1CCCCC1.CCl. The zero-order valence-corrected chi connectivity index (χ0v) is 26.4. The van der Waals surface area contributed by atoms with Gasteiger partial charge in [-0.3, -0.25) is 19.2 Å². The first kappa shape index (κ1) is 35.1. The third-order valence-corrected chi connectivity index (χ3v) is 9.37. The third-order valence-electron chi connectivity index (χ3n) is 8.98. The minimum Gasteiger partial charge on any atom is -0.363 e. The van der Waals surface area contributed by atoms with Gasteiger partial charge in [-0.2, -0.15) is 0 Å². The van der Waals surface area contributed by atoms with Gasteiger partial charge in [0.1, 0.15) is 12.1 Å². The molecule has 5 atom stereocenters. The number of hydrogen-bond donors (Lipinski definition) is 4. The van der Waals surface area contributed by atoms with E-state index in [0.717, 1.165) is 51.4 Å². The maximum atomic E-state index is 14.1. The van der Waals surface area contributed by atoms with Gasteiger partial charge in [0, 0.05) is 30.8 Å². The van der Waals surface area contributed by atoms with Crippen LogP contribution < -0.4 is 21.7 Å². The number of halogens is 2. The van der Waals surface area contributed by atoms with E-state index in [1.54, 1.807) is 0 Å². The molecule has 4 unspecified atom stereocenters. The number of likely N-dealkylation sites (tertiary alicyclic amines) is 1. The Bertz CT molecular complexity index is 910. The normalized spacial score (nSPS) is 23.3. The van der Waals surface area contributed by atoms with Crippen molar-refractivity contribution >= 4 is 52.7 Å². The van der Waals surface area contributed by atoms with Crippen molar-refractivity contribution in [1.82, 2.24) is 20.9 Å². The predicted octanol–water partition coefficient (Wildman–Crippen LogP) is 3.32. The summed E-state index contributed by atoms with van der Waals surface area (Å²) >= 11 is 10.9. The highest BCUT2D eigenvalue weighted by atomic mass is 35.5. The number of urea groups is 1. The van der Waals surface area contributed by atoms with Crippen molar-refractivity contribution in [2.75, 3.05) is 18.8 Å². The smallest absolute Gasteiger partial charge is 0.315 e. The number of nitrogens with zero attached hydrogens (tertiary/aromatic N) is 1. The topological polar surface area (TPSA) is 151 Å². The second kappa shape index (κ2) is 17.1. The molecule has 0 aromatic carbocycles. The quantitative estimate of drug-likeness (QED) is 0.196. The summed E-state index contributed by atoms with van der Waals surface area (Å²) in [5.74, 6) is -2.44. The summed E-state index contributed by atoms with van der Waals surface area (Å²) in [6.45, 7) is 6.26. The van der Waals surface area contributed by atoms with Crippen LogP contribution in [0.25, 0.3) is 0 Å². The van der Waals surface area contributed by atoms with Gasteiger partial charge in [0.2, 0.25) is 17.6 Å². The van der Waals surface area contributed by atoms with Crippen molar-refractivity contribution in [1.29, 1.82) is 0 Å². The molecule has 234 valence electrons. The molecule has 0 spiro atoms. The number of carbonyl (C=O) groups excluding carboxylic acids is 5. The number of nitrogens with one attached hydrogen (secondary N) is 3. The number of Topliss-reactive ketones (excluding diaryl/α,β-unsaturated/α-hetero) is 1. The Morgan fingerprint density at radius 3 is 2.02 bits per heavy atom. The number of primary amides is 1. The Labute approximate surface area is 254 Å². The van der Waals surface area contributed by atoms with E-state index in [-0.39, 0.29) is 41.5 Å². The number of rotatable bonds is 12. The number of nitrogens with two attached hydrogens (primary N) is 1. The van der Waals surface area contributed by atoms with Crippen LogP contribution in [-0.2, 0) is 19.2 Å². The van der Waals surface area contributed by atoms with Gasteiger partial charge in [-0.25, -0.2) is 4.79 Å². The van der Waals surface area contributed by atoms with Gasteiger partial charge in [0.25, 0.3) is 5.91 Å². The minimum atomic E-state index is -1.09. The van der Waals surface area contributed by atoms with Gasteiger partial charge in [0.05, 0.1) is 6.04 Å². The Kier molecular flexibility index (Phi) is 14.7. The molecule has 12 heteroatoms. The zero-order chi connectivity index (χ0) is 30.7. The molecule has 3 rings (SSSR count). The summed E-state index contributed by atoms with van der Waals surface area (Å²) in [5.41, 5.74) is 5.28. The van der Waals surface area contributed by atoms with Gasteiger partial charge in [0.15, 0.2) is 0 Å². The molecular formula is C29H49Cl2N5O5. The zero-order valence-electron chi connectivity index (χ0n) is 24.9. The molecule has 3 fully saturated rings. The van der Waals surface area contributed by atoms with E-state index in [4.69, 9.17) is 17.3 Å². The third kappa shape index (κ3) is 9.73. The van der Waals surface area contributed by atoms with Crippen LogP contribution in [-0.4, -0.2) is 77.4 Å². The summed E-state index contributed by atoms with van der Waals surface area (Å²) in [5, 5.41) is 8.60. The van der Waals surface area contributed by atoms with E-state index in [9.17, 15) is 24.0 Å². The maximum Gasteiger partial charge on any atom is 0.315 e. The van der Waals surface area contributed by atoms with Crippen LogP contribution in [0.4, 0.5) is 4.79 Å². The number of hydrogen-bond acceptors (Lipinski definition) is 5. The first-order chi connectivity index (χ1) is 19.5. The molecule has 5 amide bonds. The van der Waals surface area contributed by atoms with E-state index >= 15 is 0 Å². The van der Waals surface area contributed by atoms with Crippen molar-refractivity contribution < 1.29 is 24.0 Å². The van der Waals surface area contributed by atoms with E-state index in [2.05, 4.69) is 27.6 Å². The summed E-state index contributed by atoms with van der Waals surface area (Å²) in [6, 6.07) is -3.17. The Morgan fingerprint density at radius 2 is 1.51 bits per heavy atom. The van der Waals surface area contributed by atoms with Gasteiger partial charge >= 0.3 is 6.03 Å². The molecule has 5 N–H and O–H groups in total. The summed E-state index contributed by atoms with van der Waals surface area (Å²) in [4.78, 5) is 66.4. The van der Waals surface area contributed by atoms with Crippen molar-refractivity contribution in [3.8, 4) is 0 Å². The van der Waals surface area contributed by atoms with Crippen LogP contribution in [0.5, 0.6) is 0 Å². The fourth-order valence-electron chi connectivity index (χ4n) is 5.93. The number of ketones is 1. The highest BCUT2D eigenvalue weighted by Gasteiger charge is 2.46. The first-order valence-electron chi connectivity index (χ1n) is 15.0. The monoisotopic (exact) mass is 617 g/mol. The van der Waals surface area contributed by atoms with Gasteiger partial charge in [-0.05, 0) is 50.4 Å². The van der Waals surface area contributed by atoms with Crippen LogP contribution in [0.2, 0.25) is 0 Å². The van der Waals surface area contributed by atoms with Gasteiger partial charge in [-0.1, -0.05) is 52.4 Å². The van der Waals surface area contributed by atoms with Crippen molar-refractivity contribution in [2.45, 2.75) is 109 Å². The van der Waals surface area contributed by atoms with E-state index in [1.807, 2.05) is 20.8 Å². The molecule has 1 aliphatic heterocycles. The standard InChI is InChI=1S/C28H46ClN5O5.CH3Cl/c1-16(2)17(3)31-28(39)33-22(19-10-5-4-6-11-19)27(38)34-13-12-20(15-29)23(34)26(37)32-21(24(35)25(30)36)14-18-8-7-9-18;1-2/h16-23H,4-15H2,1-3H3,(H2,30,36)(H,32,37)(H2,31,33,39);1H3/t17?,20-,21?,22?,23?;/m1./s1. The maximum absolute atomic E-state index is 14.1. The average Bonchev–Trinajstić information content (AvgIpc) is 3.38. The molecule has 2 aliphatic carbocycles. The molecule has 2 saturated carbocycles. The fraction of sp³-hybridized carbons (Fsp3) is 0.828. The fourth-order valence-corrected chi connectivity index (χ4v) is 6.25. The molecule has 0 bridgehead atoms. The molecule has 41 heavy (non-hydrogen) atoms. The summed E-state index contributed by atoms with van der Waals surface area (Å²) < 4.78 is 0. The molecule has 0 radical (unpaired) electrons. The van der Waals surface area contributed by atoms with Crippen molar-refractivity contribution in [3.05, 3.63) is 0 Å². The molecule has 1 saturated heterocycles. The molecule has 10 nitrogen and oxygen atoms in total. The van der Waals surface area contributed by atoms with Crippen LogP contribution in [0.1, 0.15) is 85.0 Å². The number of amides is 5. The number of alkyl halides is 2. The van der Waals surface area contributed by atoms with Crippen molar-refractivity contribution in [3.63, 3.8) is 0 Å². The molecular weight excluding hydrogens is 569 g/mol. The predicted molar refractivity (Wildman–Crippen MR) is 161 cm³/mol. The first-order valence-corrected chi connectivity index (χ1v) is 16.3. The summed E-state index contributed by atoms with van der Waals surface area (Å²) in [6.07, 6.45) is 9.94. The summed E-state index contributed by atoms with van der Waals surface area (Å²) in [7, 11) is 0. The van der Waals surface area contributed by atoms with Crippen LogP contribution in [0.15, 0.2) is 0 Å². The Balaban J connectivity index is 0.00000287. The Hall–Kier alpha value is -2.07. The second-order valence-corrected chi connectivity index (χ2v) is 12.3. The largest absolute Gasteiger partial charge is 0.363 e. The van der Waals surface area contributed by atoms with Gasteiger partial charge in [-0.15, -0.1) is 23.2 Å². The van der Waals surface area contributed by atoms with Crippen LogP contribution in [0, 0.1) is 23.7 Å². The van der Waals surface area contributed by atoms with Crippen LogP contribution >= 0.6 is 23.2 Å². The lowest BCUT2D eigenvalue weighted by molar-refractivity contribution is -0.143. The molecule has 0 aromatic heterocycles. The molecule has 3 aliphatic rings. The highest BCUT2D eigenvalue weighted by Crippen LogP contribution is 2.33. The lowest BCUT2D eigenvalue weighted by Crippen LogP contribution is -2.60. The van der Waals surface area contributed by atoms with Gasteiger partial charge < -0.3 is 26.6 Å². The van der Waals surface area contributed by atoms with E-state index in [0.29, 0.717) is 19.4 Å². The van der Waals surface area contributed by atoms with E-state index < -0.39 is 41.8 Å². The van der Waals surface area contributed by atoms with Crippen LogP contribution in [0.3, 0.4) is 0 Å². The van der Waals surface area contributed by atoms with E-state index in [1.165, 1.54) is 11.3 Å². The minimum absolute atomic E-state index is 0.0343. The average molecular weight is 619 g/mol. The highest BCUT2D eigenvalue weighted by molar-refractivity contribution is 6.37. The number of carbonyl (C=O) groups is 5. The van der Waals surface area contributed by atoms with Crippen molar-refractivity contribution in [2.24, 2.45) is 29.4 Å². The molecule has 1 heterocycles. The Morgan fingerprint density at radius 1 is 0.878 bits per heavy atom. The molecule has 0 aromatic rings. The lowest BCUT2D eigenvalue weighted by atomic mass is 9.80. The second-order valence-electron chi connectivity index (χ2n) is 12.0.